The van der Waals surface area contributed by atoms with Gasteiger partial charge >= 0.3 is 0 Å². The zero-order chi connectivity index (χ0) is 8.97. The van der Waals surface area contributed by atoms with Crippen molar-refractivity contribution in [1.29, 1.82) is 0 Å². The van der Waals surface area contributed by atoms with E-state index in [1.54, 1.807) is 6.26 Å². The predicted octanol–water partition coefficient (Wildman–Crippen LogP) is 0.387. The van der Waals surface area contributed by atoms with Crippen LogP contribution in [0, 0.1) is 5.92 Å². The van der Waals surface area contributed by atoms with Gasteiger partial charge in [0.25, 0.3) is 0 Å². The Balaban J connectivity index is 2.21. The minimum Gasteiger partial charge on any atom is -0.330 e. The first-order chi connectivity index (χ1) is 5.72. The summed E-state index contributed by atoms with van der Waals surface area (Å²) in [6.45, 7) is 0.807. The van der Waals surface area contributed by atoms with Crippen LogP contribution in [0.4, 0.5) is 0 Å². The zero-order valence-electron chi connectivity index (χ0n) is 7.58. The van der Waals surface area contributed by atoms with E-state index in [9.17, 15) is 4.21 Å². The van der Waals surface area contributed by atoms with E-state index < -0.39 is 11.0 Å². The summed E-state index contributed by atoms with van der Waals surface area (Å²) < 4.78 is 13.9. The molecular weight excluding hydrogens is 172 g/mol. The molecular formula is C8H18N2OS. The molecule has 1 aliphatic rings. The van der Waals surface area contributed by atoms with Crippen molar-refractivity contribution in [3.63, 3.8) is 0 Å². The van der Waals surface area contributed by atoms with E-state index in [2.05, 4.69) is 4.72 Å². The molecule has 0 aromatic carbocycles. The number of nitrogens with one attached hydrogen (secondary N) is 1. The fraction of sp³-hybridized carbons (Fsp3) is 1.00. The number of hydrogen-bond donors (Lipinski definition) is 2. The highest BCUT2D eigenvalue weighted by molar-refractivity contribution is 7.82. The molecule has 0 aromatic heterocycles. The van der Waals surface area contributed by atoms with E-state index in [1.165, 1.54) is 12.8 Å². The van der Waals surface area contributed by atoms with Gasteiger partial charge in [0.2, 0.25) is 0 Å². The van der Waals surface area contributed by atoms with E-state index in [0.717, 1.165) is 19.4 Å². The Bertz CT molecular complexity index is 155. The molecule has 12 heavy (non-hydrogen) atoms. The quantitative estimate of drug-likeness (QED) is 0.676. The highest BCUT2D eigenvalue weighted by Crippen LogP contribution is 2.23. The Kier molecular flexibility index (Phi) is 4.18. The third-order valence-corrected chi connectivity index (χ3v) is 3.18. The molecule has 0 amide bonds. The van der Waals surface area contributed by atoms with Crippen LogP contribution in [-0.2, 0) is 11.0 Å². The van der Waals surface area contributed by atoms with Gasteiger partial charge in [0.1, 0.15) is 0 Å². The summed E-state index contributed by atoms with van der Waals surface area (Å²) >= 11 is 0. The first kappa shape index (κ1) is 10.2. The molecule has 0 radical (unpaired) electrons. The maximum absolute atomic E-state index is 10.8. The molecule has 1 unspecified atom stereocenters. The van der Waals surface area contributed by atoms with Crippen molar-refractivity contribution in [2.24, 2.45) is 11.7 Å². The minimum absolute atomic E-state index is 0.457. The zero-order valence-corrected chi connectivity index (χ0v) is 8.40. The lowest BCUT2D eigenvalue weighted by Gasteiger charge is -2.27. The van der Waals surface area contributed by atoms with Crippen LogP contribution in [-0.4, -0.2) is 23.1 Å². The van der Waals surface area contributed by atoms with Crippen LogP contribution in [0.5, 0.6) is 0 Å². The van der Waals surface area contributed by atoms with Gasteiger partial charge in [0.05, 0.1) is 11.0 Å². The molecule has 4 heteroatoms. The molecule has 1 aliphatic carbocycles. The molecule has 0 heterocycles. The Morgan fingerprint density at radius 2 is 2.00 bits per heavy atom. The topological polar surface area (TPSA) is 55.1 Å². The summed E-state index contributed by atoms with van der Waals surface area (Å²) in [5, 5.41) is 0. The average molecular weight is 190 g/mol. The first-order valence-corrected chi connectivity index (χ1v) is 6.08. The fourth-order valence-electron chi connectivity index (χ4n) is 1.75. The lowest BCUT2D eigenvalue weighted by molar-refractivity contribution is 0.321. The van der Waals surface area contributed by atoms with E-state index in [-0.39, 0.29) is 0 Å². The molecule has 0 saturated heterocycles. The van der Waals surface area contributed by atoms with E-state index in [0.29, 0.717) is 12.0 Å². The number of hydrogen-bond acceptors (Lipinski definition) is 2. The Labute approximate surface area is 76.7 Å². The van der Waals surface area contributed by atoms with Gasteiger partial charge in [0.15, 0.2) is 0 Å². The van der Waals surface area contributed by atoms with Gasteiger partial charge in [-0.05, 0) is 38.1 Å². The van der Waals surface area contributed by atoms with Crippen molar-refractivity contribution in [3.8, 4) is 0 Å². The number of rotatable bonds is 3. The maximum Gasteiger partial charge on any atom is 0.0886 e. The Morgan fingerprint density at radius 3 is 2.42 bits per heavy atom. The van der Waals surface area contributed by atoms with Crippen LogP contribution in [0.2, 0.25) is 0 Å². The number of nitrogens with two attached hydrogens (primary N) is 1. The molecule has 3 N–H and O–H groups in total. The molecule has 1 rings (SSSR count). The van der Waals surface area contributed by atoms with Crippen LogP contribution < -0.4 is 10.5 Å². The summed E-state index contributed by atoms with van der Waals surface area (Å²) in [6, 6.07) is 0.457. The van der Waals surface area contributed by atoms with Crippen molar-refractivity contribution in [2.75, 3.05) is 12.8 Å². The van der Waals surface area contributed by atoms with E-state index in [4.69, 9.17) is 5.73 Å². The normalized spacial score (nSPS) is 33.2. The smallest absolute Gasteiger partial charge is 0.0886 e. The molecule has 0 bridgehead atoms. The van der Waals surface area contributed by atoms with Crippen molar-refractivity contribution < 1.29 is 4.21 Å². The standard InChI is InChI=1S/C8H18N2OS/c1-12(11)10-8-4-2-7(6-9)3-5-8/h7-8,10H,2-6,9H2,1H3. The van der Waals surface area contributed by atoms with E-state index in [1.807, 2.05) is 0 Å². The molecule has 0 spiro atoms. The summed E-state index contributed by atoms with van der Waals surface area (Å²) in [6.07, 6.45) is 6.31. The summed E-state index contributed by atoms with van der Waals surface area (Å²) in [7, 11) is -0.858. The van der Waals surface area contributed by atoms with Crippen LogP contribution in [0.15, 0.2) is 0 Å². The average Bonchev–Trinajstić information content (AvgIpc) is 2.05. The molecule has 1 saturated carbocycles. The van der Waals surface area contributed by atoms with Crippen molar-refractivity contribution in [1.82, 2.24) is 4.72 Å². The second kappa shape index (κ2) is 4.94. The van der Waals surface area contributed by atoms with Gasteiger partial charge < -0.3 is 5.73 Å². The summed E-state index contributed by atoms with van der Waals surface area (Å²) in [5.74, 6) is 0.702. The van der Waals surface area contributed by atoms with Gasteiger partial charge in [-0.2, -0.15) is 0 Å². The minimum atomic E-state index is -0.858. The van der Waals surface area contributed by atoms with Gasteiger partial charge in [-0.15, -0.1) is 0 Å². The van der Waals surface area contributed by atoms with Crippen molar-refractivity contribution in [2.45, 2.75) is 31.7 Å². The highest BCUT2D eigenvalue weighted by Gasteiger charge is 2.20. The Hall–Kier alpha value is 0.0700. The van der Waals surface area contributed by atoms with Crippen LogP contribution >= 0.6 is 0 Å². The third kappa shape index (κ3) is 3.21. The SMILES string of the molecule is CS(=O)NC1CCC(CN)CC1. The molecule has 0 aliphatic heterocycles. The van der Waals surface area contributed by atoms with Crippen LogP contribution in [0.1, 0.15) is 25.7 Å². The van der Waals surface area contributed by atoms with Gasteiger partial charge in [-0.1, -0.05) is 0 Å². The second-order valence-electron chi connectivity index (χ2n) is 3.53. The Morgan fingerprint density at radius 1 is 1.42 bits per heavy atom. The maximum atomic E-state index is 10.8. The molecule has 1 fully saturated rings. The monoisotopic (exact) mass is 190 g/mol. The lowest BCUT2D eigenvalue weighted by atomic mass is 9.87. The summed E-state index contributed by atoms with van der Waals surface area (Å²) in [5.41, 5.74) is 5.57. The molecule has 1 atom stereocenters. The fourth-order valence-corrected chi connectivity index (χ4v) is 2.46. The van der Waals surface area contributed by atoms with Crippen LogP contribution in [0.25, 0.3) is 0 Å². The van der Waals surface area contributed by atoms with E-state index >= 15 is 0 Å². The molecule has 72 valence electrons. The predicted molar refractivity (Wildman–Crippen MR) is 52.0 cm³/mol. The second-order valence-corrected chi connectivity index (χ2v) is 4.67. The van der Waals surface area contributed by atoms with Crippen molar-refractivity contribution in [3.05, 3.63) is 0 Å². The van der Waals surface area contributed by atoms with Crippen molar-refractivity contribution >= 4 is 11.0 Å². The molecule has 3 nitrogen and oxygen atoms in total. The highest BCUT2D eigenvalue weighted by atomic mass is 32.2. The largest absolute Gasteiger partial charge is 0.330 e. The van der Waals surface area contributed by atoms with Gasteiger partial charge in [0, 0.05) is 12.3 Å². The third-order valence-electron chi connectivity index (χ3n) is 2.51. The lowest BCUT2D eigenvalue weighted by Crippen LogP contribution is -2.35. The van der Waals surface area contributed by atoms with Crippen LogP contribution in [0.3, 0.4) is 0 Å². The molecule has 0 aromatic rings. The van der Waals surface area contributed by atoms with Gasteiger partial charge in [-0.25, -0.2) is 8.93 Å². The van der Waals surface area contributed by atoms with Gasteiger partial charge in [-0.3, -0.25) is 0 Å². The first-order valence-electron chi connectivity index (χ1n) is 4.52. The summed E-state index contributed by atoms with van der Waals surface area (Å²) in [4.78, 5) is 0.